The minimum absolute atomic E-state index is 0.0239. The average molecular weight is 424 g/mol. The molecule has 0 bridgehead atoms. The predicted molar refractivity (Wildman–Crippen MR) is 124 cm³/mol. The molecule has 1 aliphatic heterocycles. The number of benzene rings is 2. The fourth-order valence-electron chi connectivity index (χ4n) is 3.73. The van der Waals surface area contributed by atoms with Crippen molar-refractivity contribution in [2.75, 3.05) is 44.3 Å². The van der Waals surface area contributed by atoms with E-state index in [-0.39, 0.29) is 5.91 Å². The number of thiazole rings is 1. The van der Waals surface area contributed by atoms with E-state index in [0.717, 1.165) is 65.7 Å². The van der Waals surface area contributed by atoms with Gasteiger partial charge in [0.05, 0.1) is 23.4 Å². The molecule has 0 aliphatic carbocycles. The van der Waals surface area contributed by atoms with Crippen LogP contribution in [0.15, 0.2) is 36.4 Å². The van der Waals surface area contributed by atoms with Crippen molar-refractivity contribution in [2.24, 2.45) is 0 Å². The molecule has 5 nitrogen and oxygen atoms in total. The molecular weight excluding hydrogens is 394 g/mol. The molecule has 158 valence electrons. The second kappa shape index (κ2) is 9.25. The highest BCUT2D eigenvalue weighted by Gasteiger charge is 2.22. The largest absolute Gasteiger partial charge is 0.379 e. The average Bonchev–Trinajstić information content (AvgIpc) is 3.16. The number of aryl methyl sites for hydroxylation is 3. The van der Waals surface area contributed by atoms with Crippen LogP contribution in [0.2, 0.25) is 0 Å². The van der Waals surface area contributed by atoms with Crippen LogP contribution in [0.25, 0.3) is 10.2 Å². The summed E-state index contributed by atoms with van der Waals surface area (Å²) in [5.74, 6) is 0.0239. The lowest BCUT2D eigenvalue weighted by molar-refractivity contribution is 0.0376. The second-order valence-electron chi connectivity index (χ2n) is 8.03. The molecule has 1 aromatic heterocycles. The summed E-state index contributed by atoms with van der Waals surface area (Å²) in [6, 6.07) is 12.2. The number of morpholine rings is 1. The summed E-state index contributed by atoms with van der Waals surface area (Å²) in [5, 5.41) is 0.779. The number of carbonyl (C=O) groups is 1. The summed E-state index contributed by atoms with van der Waals surface area (Å²) < 4.78 is 6.56. The minimum atomic E-state index is 0.0239. The minimum Gasteiger partial charge on any atom is -0.379 e. The van der Waals surface area contributed by atoms with Crippen molar-refractivity contribution in [3.8, 4) is 0 Å². The van der Waals surface area contributed by atoms with Gasteiger partial charge in [-0.1, -0.05) is 23.5 Å². The van der Waals surface area contributed by atoms with Gasteiger partial charge in [0.25, 0.3) is 5.91 Å². The molecule has 1 fully saturated rings. The van der Waals surface area contributed by atoms with Gasteiger partial charge in [-0.25, -0.2) is 4.98 Å². The number of fused-ring (bicyclic) bond motifs is 1. The van der Waals surface area contributed by atoms with Crippen LogP contribution in [0.1, 0.15) is 33.5 Å². The Morgan fingerprint density at radius 2 is 1.90 bits per heavy atom. The number of amides is 1. The van der Waals surface area contributed by atoms with E-state index in [4.69, 9.17) is 9.72 Å². The predicted octanol–water partition coefficient (Wildman–Crippen LogP) is 4.59. The van der Waals surface area contributed by atoms with E-state index in [1.807, 2.05) is 29.2 Å². The first-order chi connectivity index (χ1) is 14.5. The highest BCUT2D eigenvalue weighted by atomic mass is 32.1. The number of hydrogen-bond acceptors (Lipinski definition) is 5. The number of nitrogens with zero attached hydrogens (tertiary/aromatic N) is 3. The van der Waals surface area contributed by atoms with Gasteiger partial charge in [0.1, 0.15) is 0 Å². The molecule has 4 rings (SSSR count). The number of carbonyl (C=O) groups excluding carboxylic acids is 1. The van der Waals surface area contributed by atoms with Crippen LogP contribution in [-0.4, -0.2) is 55.2 Å². The topological polar surface area (TPSA) is 45.7 Å². The van der Waals surface area contributed by atoms with Crippen molar-refractivity contribution in [1.29, 1.82) is 0 Å². The lowest BCUT2D eigenvalue weighted by atomic mass is 10.1. The lowest BCUT2D eigenvalue weighted by Gasteiger charge is -2.27. The summed E-state index contributed by atoms with van der Waals surface area (Å²) in [4.78, 5) is 22.6. The number of rotatable bonds is 6. The maximum atomic E-state index is 13.5. The molecule has 0 radical (unpaired) electrons. The molecule has 2 heterocycles. The van der Waals surface area contributed by atoms with Crippen LogP contribution in [0, 0.1) is 20.8 Å². The van der Waals surface area contributed by atoms with Crippen molar-refractivity contribution < 1.29 is 9.53 Å². The summed E-state index contributed by atoms with van der Waals surface area (Å²) >= 11 is 1.60. The van der Waals surface area contributed by atoms with E-state index in [1.165, 1.54) is 11.1 Å². The molecule has 0 spiro atoms. The quantitative estimate of drug-likeness (QED) is 0.582. The number of aromatic nitrogens is 1. The zero-order valence-corrected chi connectivity index (χ0v) is 18.8. The standard InChI is InChI=1S/C24H29N3O2S/c1-17-5-8-21-22(15-17)30-24(25-21)27(10-4-9-26-11-13-29-14-12-26)23(28)20-7-6-18(2)19(3)16-20/h5-8,15-16H,4,9-14H2,1-3H3. The SMILES string of the molecule is Cc1ccc2nc(N(CCCN3CCOCC3)C(=O)c3ccc(C)c(C)c3)sc2c1. The zero-order valence-electron chi connectivity index (χ0n) is 18.0. The Morgan fingerprint density at radius 1 is 1.10 bits per heavy atom. The lowest BCUT2D eigenvalue weighted by Crippen LogP contribution is -2.39. The van der Waals surface area contributed by atoms with E-state index < -0.39 is 0 Å². The smallest absolute Gasteiger partial charge is 0.260 e. The highest BCUT2D eigenvalue weighted by molar-refractivity contribution is 7.22. The second-order valence-corrected chi connectivity index (χ2v) is 9.04. The van der Waals surface area contributed by atoms with Gasteiger partial charge in [0.15, 0.2) is 5.13 Å². The van der Waals surface area contributed by atoms with Crippen LogP contribution in [0.5, 0.6) is 0 Å². The van der Waals surface area contributed by atoms with E-state index in [9.17, 15) is 4.79 Å². The molecular formula is C24H29N3O2S. The third-order valence-corrected chi connectivity index (χ3v) is 6.76. The van der Waals surface area contributed by atoms with Crippen LogP contribution < -0.4 is 4.90 Å². The first-order valence-electron chi connectivity index (χ1n) is 10.6. The van der Waals surface area contributed by atoms with Crippen LogP contribution in [0.4, 0.5) is 5.13 Å². The normalized spacial score (nSPS) is 14.9. The van der Waals surface area contributed by atoms with Gasteiger partial charge in [-0.3, -0.25) is 14.6 Å². The Labute approximate surface area is 182 Å². The summed E-state index contributed by atoms with van der Waals surface area (Å²) in [6.45, 7) is 11.3. The molecule has 6 heteroatoms. The van der Waals surface area contributed by atoms with E-state index >= 15 is 0 Å². The van der Waals surface area contributed by atoms with Crippen molar-refractivity contribution in [2.45, 2.75) is 27.2 Å². The Kier molecular flexibility index (Phi) is 6.46. The number of anilines is 1. The summed E-state index contributed by atoms with van der Waals surface area (Å²) in [6.07, 6.45) is 0.908. The van der Waals surface area contributed by atoms with Crippen molar-refractivity contribution >= 4 is 32.6 Å². The fourth-order valence-corrected chi connectivity index (χ4v) is 4.81. The van der Waals surface area contributed by atoms with E-state index in [2.05, 4.69) is 37.8 Å². The molecule has 3 aromatic rings. The maximum Gasteiger partial charge on any atom is 0.260 e. The van der Waals surface area contributed by atoms with Gasteiger partial charge in [0.2, 0.25) is 0 Å². The van der Waals surface area contributed by atoms with Gasteiger partial charge in [0, 0.05) is 31.7 Å². The van der Waals surface area contributed by atoms with Gasteiger partial charge >= 0.3 is 0 Å². The first-order valence-corrected chi connectivity index (χ1v) is 11.4. The molecule has 1 saturated heterocycles. The van der Waals surface area contributed by atoms with Crippen molar-refractivity contribution in [1.82, 2.24) is 9.88 Å². The first kappa shape index (κ1) is 21.0. The van der Waals surface area contributed by atoms with E-state index in [0.29, 0.717) is 6.54 Å². The monoisotopic (exact) mass is 423 g/mol. The Hall–Kier alpha value is -2.28. The van der Waals surface area contributed by atoms with Crippen molar-refractivity contribution in [3.05, 3.63) is 58.7 Å². The molecule has 0 unspecified atom stereocenters. The third kappa shape index (κ3) is 4.72. The zero-order chi connectivity index (χ0) is 21.1. The highest BCUT2D eigenvalue weighted by Crippen LogP contribution is 2.31. The summed E-state index contributed by atoms with van der Waals surface area (Å²) in [5.41, 5.74) is 5.21. The van der Waals surface area contributed by atoms with Gasteiger partial charge in [-0.2, -0.15) is 0 Å². The molecule has 1 aliphatic rings. The molecule has 0 atom stereocenters. The summed E-state index contributed by atoms with van der Waals surface area (Å²) in [7, 11) is 0. The van der Waals surface area contributed by atoms with Crippen LogP contribution in [-0.2, 0) is 4.74 Å². The molecule has 2 aromatic carbocycles. The van der Waals surface area contributed by atoms with Gasteiger partial charge in [-0.15, -0.1) is 0 Å². The molecule has 0 N–H and O–H groups in total. The van der Waals surface area contributed by atoms with Gasteiger partial charge < -0.3 is 4.74 Å². The Balaban J connectivity index is 1.58. The Bertz CT molecular complexity index is 1040. The maximum absolute atomic E-state index is 13.5. The van der Waals surface area contributed by atoms with Crippen LogP contribution in [0.3, 0.4) is 0 Å². The molecule has 1 amide bonds. The van der Waals surface area contributed by atoms with Crippen LogP contribution >= 0.6 is 11.3 Å². The van der Waals surface area contributed by atoms with Gasteiger partial charge in [-0.05, 0) is 68.1 Å². The third-order valence-electron chi connectivity index (χ3n) is 5.72. The molecule has 30 heavy (non-hydrogen) atoms. The van der Waals surface area contributed by atoms with E-state index in [1.54, 1.807) is 11.3 Å². The molecule has 0 saturated carbocycles. The number of ether oxygens (including phenoxy) is 1. The Morgan fingerprint density at radius 3 is 2.67 bits per heavy atom. The fraction of sp³-hybridized carbons (Fsp3) is 0.417. The number of hydrogen-bond donors (Lipinski definition) is 0. The van der Waals surface area contributed by atoms with Crippen molar-refractivity contribution in [3.63, 3.8) is 0 Å².